The molecular weight excluding hydrogens is 382 g/mol. The molecule has 1 saturated heterocycles. The zero-order chi connectivity index (χ0) is 22.0. The van der Waals surface area contributed by atoms with Crippen molar-refractivity contribution in [3.63, 3.8) is 0 Å². The van der Waals surface area contributed by atoms with Gasteiger partial charge in [0.1, 0.15) is 11.2 Å². The molecule has 3 aromatic heterocycles. The first kappa shape index (κ1) is 21.9. The molecule has 4 rings (SSSR count). The summed E-state index contributed by atoms with van der Waals surface area (Å²) < 4.78 is 9.01. The number of pyridine rings is 1. The van der Waals surface area contributed by atoms with Crippen molar-refractivity contribution in [1.82, 2.24) is 24.5 Å². The normalized spacial score (nSPS) is 16.4. The van der Waals surface area contributed by atoms with Crippen molar-refractivity contribution in [3.05, 3.63) is 22.6 Å². The Bertz CT molecular complexity index is 1060. The number of ether oxygens (including phenoxy) is 1. The lowest BCUT2D eigenvalue weighted by molar-refractivity contribution is 0.121. The number of nitrogens with two attached hydrogens (primary N) is 1. The molecular formula is C21H33N7O2. The SMILES string of the molecule is CCC.COC1CCN(c2cc(-c3cn(C(C)C)c(=O)c4c(N)n[nH]c34)nn2C)C1. The summed E-state index contributed by atoms with van der Waals surface area (Å²) in [6.07, 6.45) is 4.32. The molecule has 4 heterocycles. The second kappa shape index (κ2) is 8.91. The van der Waals surface area contributed by atoms with Crippen LogP contribution in [0.4, 0.5) is 11.6 Å². The molecule has 0 radical (unpaired) electrons. The number of aromatic amines is 1. The first-order valence-electron chi connectivity index (χ1n) is 10.5. The Morgan fingerprint density at radius 2 is 2.07 bits per heavy atom. The third-order valence-electron chi connectivity index (χ3n) is 5.27. The van der Waals surface area contributed by atoms with Crippen molar-refractivity contribution >= 4 is 22.5 Å². The molecule has 1 aliphatic rings. The number of nitrogens with one attached hydrogen (secondary N) is 1. The fourth-order valence-corrected chi connectivity index (χ4v) is 3.75. The number of aromatic nitrogens is 5. The molecule has 0 aliphatic carbocycles. The average Bonchev–Trinajstić information content (AvgIpc) is 3.41. The third-order valence-corrected chi connectivity index (χ3v) is 5.27. The maximum absolute atomic E-state index is 12.8. The summed E-state index contributed by atoms with van der Waals surface area (Å²) in [4.78, 5) is 15.0. The number of rotatable bonds is 4. The Balaban J connectivity index is 0.000000806. The lowest BCUT2D eigenvalue weighted by Gasteiger charge is -2.17. The smallest absolute Gasteiger partial charge is 0.264 e. The highest BCUT2D eigenvalue weighted by Gasteiger charge is 2.26. The molecule has 1 fully saturated rings. The highest BCUT2D eigenvalue weighted by molar-refractivity contribution is 5.97. The van der Waals surface area contributed by atoms with E-state index in [1.165, 1.54) is 6.42 Å². The van der Waals surface area contributed by atoms with Crippen molar-refractivity contribution in [2.24, 2.45) is 7.05 Å². The molecule has 0 amide bonds. The van der Waals surface area contributed by atoms with E-state index >= 15 is 0 Å². The molecule has 1 aliphatic heterocycles. The average molecular weight is 416 g/mol. The van der Waals surface area contributed by atoms with E-state index in [0.717, 1.165) is 36.6 Å². The highest BCUT2D eigenvalue weighted by atomic mass is 16.5. The van der Waals surface area contributed by atoms with Gasteiger partial charge >= 0.3 is 0 Å². The van der Waals surface area contributed by atoms with E-state index in [9.17, 15) is 4.79 Å². The van der Waals surface area contributed by atoms with Crippen LogP contribution in [0.2, 0.25) is 0 Å². The van der Waals surface area contributed by atoms with Crippen LogP contribution < -0.4 is 16.2 Å². The number of methoxy groups -OCH3 is 1. The van der Waals surface area contributed by atoms with Gasteiger partial charge in [-0.25, -0.2) is 0 Å². The van der Waals surface area contributed by atoms with Crippen LogP contribution in [-0.4, -0.2) is 50.8 Å². The van der Waals surface area contributed by atoms with Crippen molar-refractivity contribution in [2.45, 2.75) is 52.7 Å². The number of hydrogen-bond donors (Lipinski definition) is 2. The van der Waals surface area contributed by atoms with Gasteiger partial charge in [0.25, 0.3) is 5.56 Å². The van der Waals surface area contributed by atoms with E-state index in [0.29, 0.717) is 10.9 Å². The molecule has 3 aromatic rings. The number of nitrogens with zero attached hydrogens (tertiary/aromatic N) is 5. The van der Waals surface area contributed by atoms with Gasteiger partial charge in [-0.15, -0.1) is 0 Å². The topological polar surface area (TPSA) is 107 Å². The molecule has 0 spiro atoms. The molecule has 30 heavy (non-hydrogen) atoms. The summed E-state index contributed by atoms with van der Waals surface area (Å²) in [5.74, 6) is 1.23. The van der Waals surface area contributed by atoms with Crippen LogP contribution in [0.5, 0.6) is 0 Å². The Morgan fingerprint density at radius 3 is 2.67 bits per heavy atom. The molecule has 9 nitrogen and oxygen atoms in total. The standard InChI is InChI=1S/C18H25N7O2.C3H8/c1-10(2)25-9-12(16-15(18(25)26)17(19)21-20-16)13-7-14(23(3)22-13)24-6-5-11(8-24)27-4;1-3-2/h7,9-11H,5-6,8H2,1-4H3,(H3,19,20,21);3H2,1-2H3. The zero-order valence-electron chi connectivity index (χ0n) is 18.8. The Morgan fingerprint density at radius 1 is 1.37 bits per heavy atom. The Labute approximate surface area is 176 Å². The predicted octanol–water partition coefficient (Wildman–Crippen LogP) is 2.93. The summed E-state index contributed by atoms with van der Waals surface area (Å²) >= 11 is 0. The predicted molar refractivity (Wildman–Crippen MR) is 121 cm³/mol. The van der Waals surface area contributed by atoms with Gasteiger partial charge in [-0.2, -0.15) is 10.2 Å². The fraction of sp³-hybridized carbons (Fsp3) is 0.571. The van der Waals surface area contributed by atoms with E-state index in [1.807, 2.05) is 37.8 Å². The van der Waals surface area contributed by atoms with Crippen molar-refractivity contribution in [1.29, 1.82) is 0 Å². The van der Waals surface area contributed by atoms with Gasteiger partial charge in [-0.1, -0.05) is 20.3 Å². The molecule has 3 N–H and O–H groups in total. The minimum atomic E-state index is -0.145. The maximum atomic E-state index is 12.8. The first-order valence-corrected chi connectivity index (χ1v) is 10.5. The number of nitrogen functional groups attached to an aromatic ring is 1. The minimum Gasteiger partial charge on any atom is -0.382 e. The number of fused-ring (bicyclic) bond motifs is 1. The third kappa shape index (κ3) is 3.94. The summed E-state index contributed by atoms with van der Waals surface area (Å²) in [6.45, 7) is 9.95. The van der Waals surface area contributed by atoms with Crippen LogP contribution in [0.15, 0.2) is 17.1 Å². The monoisotopic (exact) mass is 415 g/mol. The molecule has 0 aromatic carbocycles. The van der Waals surface area contributed by atoms with E-state index in [4.69, 9.17) is 15.6 Å². The largest absolute Gasteiger partial charge is 0.382 e. The van der Waals surface area contributed by atoms with E-state index in [2.05, 4.69) is 28.9 Å². The highest BCUT2D eigenvalue weighted by Crippen LogP contribution is 2.31. The first-order chi connectivity index (χ1) is 14.3. The summed E-state index contributed by atoms with van der Waals surface area (Å²) in [7, 11) is 3.67. The summed E-state index contributed by atoms with van der Waals surface area (Å²) in [5, 5.41) is 12.1. The van der Waals surface area contributed by atoms with Crippen LogP contribution in [0.1, 0.15) is 46.6 Å². The van der Waals surface area contributed by atoms with E-state index in [1.54, 1.807) is 11.7 Å². The van der Waals surface area contributed by atoms with E-state index in [-0.39, 0.29) is 23.5 Å². The quantitative estimate of drug-likeness (QED) is 0.678. The molecule has 0 saturated carbocycles. The zero-order valence-corrected chi connectivity index (χ0v) is 18.8. The van der Waals surface area contributed by atoms with Gasteiger partial charge < -0.3 is 19.9 Å². The summed E-state index contributed by atoms with van der Waals surface area (Å²) in [5.41, 5.74) is 8.02. The molecule has 9 heteroatoms. The van der Waals surface area contributed by atoms with Crippen molar-refractivity contribution < 1.29 is 4.74 Å². The lowest BCUT2D eigenvalue weighted by Crippen LogP contribution is -2.24. The molecule has 0 bridgehead atoms. The second-order valence-corrected chi connectivity index (χ2v) is 8.02. The number of H-pyrrole nitrogens is 1. The van der Waals surface area contributed by atoms with E-state index < -0.39 is 0 Å². The molecule has 1 unspecified atom stereocenters. The molecule has 164 valence electrons. The number of aryl methyl sites for hydroxylation is 1. The maximum Gasteiger partial charge on any atom is 0.264 e. The van der Waals surface area contributed by atoms with Crippen molar-refractivity contribution in [3.8, 4) is 11.3 Å². The molecule has 1 atom stereocenters. The van der Waals surface area contributed by atoms with Crippen molar-refractivity contribution in [2.75, 3.05) is 30.8 Å². The summed E-state index contributed by atoms with van der Waals surface area (Å²) in [6, 6.07) is 2.04. The van der Waals surface area contributed by atoms with Crippen LogP contribution in [0.25, 0.3) is 22.2 Å². The lowest BCUT2D eigenvalue weighted by atomic mass is 10.1. The Hall–Kier alpha value is -2.81. The number of hydrogen-bond acceptors (Lipinski definition) is 6. The van der Waals surface area contributed by atoms with Gasteiger partial charge in [0.2, 0.25) is 0 Å². The minimum absolute atomic E-state index is 0.000763. The van der Waals surface area contributed by atoms with Gasteiger partial charge in [0, 0.05) is 51.1 Å². The van der Waals surface area contributed by atoms with Crippen LogP contribution >= 0.6 is 0 Å². The van der Waals surface area contributed by atoms with Crippen LogP contribution in [0, 0.1) is 0 Å². The van der Waals surface area contributed by atoms with Crippen LogP contribution in [0.3, 0.4) is 0 Å². The van der Waals surface area contributed by atoms with Gasteiger partial charge in [-0.05, 0) is 20.3 Å². The second-order valence-electron chi connectivity index (χ2n) is 8.02. The number of anilines is 2. The van der Waals surface area contributed by atoms with Gasteiger partial charge in [0.05, 0.1) is 17.3 Å². The van der Waals surface area contributed by atoms with Gasteiger partial charge in [0.15, 0.2) is 5.82 Å². The van der Waals surface area contributed by atoms with Gasteiger partial charge in [-0.3, -0.25) is 14.6 Å². The van der Waals surface area contributed by atoms with Crippen LogP contribution in [-0.2, 0) is 11.8 Å². The Kier molecular flexibility index (Phi) is 6.50. The fourth-order valence-electron chi connectivity index (χ4n) is 3.75.